The number of hydrogen-bond acceptors (Lipinski definition) is 5. The lowest BCUT2D eigenvalue weighted by atomic mass is 10.2. The number of H-pyrrole nitrogens is 1. The average Bonchev–Trinajstić information content (AvgIpc) is 3.27. The molecule has 1 aliphatic carbocycles. The van der Waals surface area contributed by atoms with Crippen molar-refractivity contribution in [3.8, 4) is 5.95 Å². The standard InChI is InChI=1S/C18H19F3N6O2/c1-11-13(16(29)26-7-5-25(6-8-26)10-18(19,20)21)9-22-27(11)17-23-14-4-2-3-12(14)15(28)24-17/h2-3,9H,4-8,10H2,1H3,(H,23,24,28). The summed E-state index contributed by atoms with van der Waals surface area (Å²) < 4.78 is 39.0. The van der Waals surface area contributed by atoms with Gasteiger partial charge in [-0.2, -0.15) is 18.3 Å². The molecule has 0 aromatic carbocycles. The van der Waals surface area contributed by atoms with Gasteiger partial charge < -0.3 is 4.90 Å². The molecule has 0 bridgehead atoms. The van der Waals surface area contributed by atoms with E-state index in [1.54, 1.807) is 13.0 Å². The number of carbonyl (C=O) groups is 1. The Kier molecular flexibility index (Phi) is 4.77. The minimum atomic E-state index is -4.25. The third kappa shape index (κ3) is 3.82. The van der Waals surface area contributed by atoms with Crippen molar-refractivity contribution in [1.82, 2.24) is 29.5 Å². The molecule has 0 radical (unpaired) electrons. The number of rotatable bonds is 3. The molecule has 1 amide bonds. The molecular formula is C18H19F3N6O2. The normalized spacial score (nSPS) is 17.0. The topological polar surface area (TPSA) is 87.1 Å². The van der Waals surface area contributed by atoms with Crippen LogP contribution >= 0.6 is 0 Å². The summed E-state index contributed by atoms with van der Waals surface area (Å²) in [4.78, 5) is 34.9. The molecule has 8 nitrogen and oxygen atoms in total. The van der Waals surface area contributed by atoms with Gasteiger partial charge in [-0.1, -0.05) is 12.2 Å². The van der Waals surface area contributed by atoms with E-state index in [0.717, 1.165) is 0 Å². The fourth-order valence-corrected chi connectivity index (χ4v) is 3.60. The molecule has 3 heterocycles. The summed E-state index contributed by atoms with van der Waals surface area (Å²) in [5, 5.41) is 4.19. The Hall–Kier alpha value is -2.95. The Balaban J connectivity index is 1.50. The maximum absolute atomic E-state index is 12.8. The van der Waals surface area contributed by atoms with E-state index in [9.17, 15) is 22.8 Å². The highest BCUT2D eigenvalue weighted by Crippen LogP contribution is 2.20. The van der Waals surface area contributed by atoms with Gasteiger partial charge in [0.15, 0.2) is 0 Å². The van der Waals surface area contributed by atoms with Gasteiger partial charge in [-0.25, -0.2) is 9.67 Å². The average molecular weight is 408 g/mol. The van der Waals surface area contributed by atoms with E-state index in [-0.39, 0.29) is 43.6 Å². The van der Waals surface area contributed by atoms with E-state index in [0.29, 0.717) is 28.9 Å². The van der Waals surface area contributed by atoms with Crippen molar-refractivity contribution < 1.29 is 18.0 Å². The molecule has 154 valence electrons. The molecule has 4 rings (SSSR count). The minimum Gasteiger partial charge on any atom is -0.336 e. The van der Waals surface area contributed by atoms with Gasteiger partial charge in [-0.05, 0) is 6.92 Å². The van der Waals surface area contributed by atoms with Gasteiger partial charge >= 0.3 is 6.18 Å². The first kappa shape index (κ1) is 19.4. The zero-order valence-electron chi connectivity index (χ0n) is 15.7. The van der Waals surface area contributed by atoms with Crippen molar-refractivity contribution in [3.05, 3.63) is 45.1 Å². The van der Waals surface area contributed by atoms with Crippen LogP contribution < -0.4 is 5.56 Å². The number of aromatic amines is 1. The minimum absolute atomic E-state index is 0.158. The Bertz CT molecular complexity index is 1030. The Morgan fingerprint density at radius 2 is 1.97 bits per heavy atom. The number of amides is 1. The van der Waals surface area contributed by atoms with Crippen molar-refractivity contribution in [2.75, 3.05) is 32.7 Å². The van der Waals surface area contributed by atoms with Crippen molar-refractivity contribution in [2.24, 2.45) is 0 Å². The van der Waals surface area contributed by atoms with E-state index in [2.05, 4.69) is 15.1 Å². The molecule has 2 aromatic rings. The lowest BCUT2D eigenvalue weighted by molar-refractivity contribution is -0.148. The zero-order valence-corrected chi connectivity index (χ0v) is 15.7. The highest BCUT2D eigenvalue weighted by atomic mass is 19.4. The van der Waals surface area contributed by atoms with Crippen LogP contribution in [0.4, 0.5) is 13.2 Å². The molecule has 1 aliphatic heterocycles. The summed E-state index contributed by atoms with van der Waals surface area (Å²) in [5.74, 6) is -0.0745. The molecule has 29 heavy (non-hydrogen) atoms. The van der Waals surface area contributed by atoms with Crippen molar-refractivity contribution in [1.29, 1.82) is 0 Å². The van der Waals surface area contributed by atoms with Crippen LogP contribution in [0.2, 0.25) is 0 Å². The fourth-order valence-electron chi connectivity index (χ4n) is 3.60. The molecule has 0 unspecified atom stereocenters. The third-order valence-electron chi connectivity index (χ3n) is 5.12. The van der Waals surface area contributed by atoms with E-state index in [1.165, 1.54) is 20.7 Å². The lowest BCUT2D eigenvalue weighted by Crippen LogP contribution is -2.51. The third-order valence-corrected chi connectivity index (χ3v) is 5.12. The molecule has 0 spiro atoms. The van der Waals surface area contributed by atoms with Crippen LogP contribution in [0.15, 0.2) is 17.1 Å². The molecule has 1 N–H and O–H groups in total. The second-order valence-corrected chi connectivity index (χ2v) is 7.10. The smallest absolute Gasteiger partial charge is 0.336 e. The maximum Gasteiger partial charge on any atom is 0.401 e. The first-order valence-electron chi connectivity index (χ1n) is 9.16. The molecular weight excluding hydrogens is 389 g/mol. The van der Waals surface area contributed by atoms with Gasteiger partial charge in [0.05, 0.1) is 35.3 Å². The molecule has 2 aliphatic rings. The van der Waals surface area contributed by atoms with Gasteiger partial charge in [0.1, 0.15) is 0 Å². The van der Waals surface area contributed by atoms with Crippen molar-refractivity contribution in [2.45, 2.75) is 19.5 Å². The summed E-state index contributed by atoms with van der Waals surface area (Å²) in [7, 11) is 0. The summed E-state index contributed by atoms with van der Waals surface area (Å²) in [6.45, 7) is 1.44. The second kappa shape index (κ2) is 7.14. The number of aromatic nitrogens is 4. The number of alkyl halides is 3. The summed E-state index contributed by atoms with van der Waals surface area (Å²) in [6.07, 6.45) is 1.26. The van der Waals surface area contributed by atoms with Gasteiger partial charge in [0.25, 0.3) is 11.5 Å². The van der Waals surface area contributed by atoms with Crippen LogP contribution in [0.1, 0.15) is 27.3 Å². The predicted molar refractivity (Wildman–Crippen MR) is 97.9 cm³/mol. The Morgan fingerprint density at radius 1 is 1.24 bits per heavy atom. The number of piperazine rings is 1. The van der Waals surface area contributed by atoms with Gasteiger partial charge in [-0.3, -0.25) is 19.5 Å². The molecule has 1 fully saturated rings. The van der Waals surface area contributed by atoms with Crippen LogP contribution in [0.25, 0.3) is 12.0 Å². The van der Waals surface area contributed by atoms with E-state index in [4.69, 9.17) is 0 Å². The van der Waals surface area contributed by atoms with Crippen molar-refractivity contribution >= 4 is 12.0 Å². The van der Waals surface area contributed by atoms with Gasteiger partial charge in [0, 0.05) is 32.6 Å². The molecule has 0 atom stereocenters. The van der Waals surface area contributed by atoms with Crippen molar-refractivity contribution in [3.63, 3.8) is 0 Å². The van der Waals surface area contributed by atoms with Gasteiger partial charge in [0.2, 0.25) is 5.95 Å². The van der Waals surface area contributed by atoms with E-state index < -0.39 is 12.7 Å². The highest BCUT2D eigenvalue weighted by Gasteiger charge is 2.33. The zero-order chi connectivity index (χ0) is 20.8. The second-order valence-electron chi connectivity index (χ2n) is 7.10. The number of halogens is 3. The van der Waals surface area contributed by atoms with E-state index >= 15 is 0 Å². The molecule has 1 saturated heterocycles. The SMILES string of the molecule is Cc1c(C(=O)N2CCN(CC(F)(F)F)CC2)cnn1-c1nc2c(c(=O)[nH]1)C=CC2. The monoisotopic (exact) mass is 408 g/mol. The van der Waals surface area contributed by atoms with Gasteiger partial charge in [-0.15, -0.1) is 0 Å². The number of nitrogens with one attached hydrogen (secondary N) is 1. The van der Waals surface area contributed by atoms with Crippen LogP contribution in [-0.2, 0) is 6.42 Å². The highest BCUT2D eigenvalue weighted by molar-refractivity contribution is 5.95. The first-order valence-corrected chi connectivity index (χ1v) is 9.16. The number of fused-ring (bicyclic) bond motifs is 1. The number of allylic oxidation sites excluding steroid dienone is 1. The van der Waals surface area contributed by atoms with Crippen LogP contribution in [-0.4, -0.2) is 74.4 Å². The Labute approximate surface area is 163 Å². The number of hydrogen-bond donors (Lipinski definition) is 1. The molecule has 0 saturated carbocycles. The van der Waals surface area contributed by atoms with E-state index in [1.807, 2.05) is 6.08 Å². The quantitative estimate of drug-likeness (QED) is 0.824. The first-order chi connectivity index (χ1) is 13.7. The van der Waals surface area contributed by atoms with Crippen LogP contribution in [0.3, 0.4) is 0 Å². The summed E-state index contributed by atoms with van der Waals surface area (Å²) in [6, 6.07) is 0. The predicted octanol–water partition coefficient (Wildman–Crippen LogP) is 1.15. The lowest BCUT2D eigenvalue weighted by Gasteiger charge is -2.34. The van der Waals surface area contributed by atoms with Crippen LogP contribution in [0.5, 0.6) is 0 Å². The summed E-state index contributed by atoms with van der Waals surface area (Å²) in [5.41, 5.74) is 1.72. The Morgan fingerprint density at radius 3 is 2.66 bits per heavy atom. The molecule has 2 aromatic heterocycles. The maximum atomic E-state index is 12.8. The fraction of sp³-hybridized carbons (Fsp3) is 0.444. The summed E-state index contributed by atoms with van der Waals surface area (Å²) >= 11 is 0. The number of carbonyl (C=O) groups excluding carboxylic acids is 1. The molecule has 11 heteroatoms. The van der Waals surface area contributed by atoms with Crippen LogP contribution in [0, 0.1) is 6.92 Å². The number of nitrogens with zero attached hydrogens (tertiary/aromatic N) is 5. The largest absolute Gasteiger partial charge is 0.401 e.